The predicted molar refractivity (Wildman–Crippen MR) is 80.5 cm³/mol. The van der Waals surface area contributed by atoms with Crippen molar-refractivity contribution in [2.24, 2.45) is 0 Å². The minimum atomic E-state index is -0.259. The largest absolute Gasteiger partial charge is 0.345 e. The molecule has 0 saturated carbocycles. The van der Waals surface area contributed by atoms with Crippen LogP contribution in [0.15, 0.2) is 42.7 Å². The predicted octanol–water partition coefficient (Wildman–Crippen LogP) is 4.12. The second kappa shape index (κ2) is 5.15. The lowest BCUT2D eigenvalue weighted by molar-refractivity contribution is 0.102. The van der Waals surface area contributed by atoms with Gasteiger partial charge in [0.1, 0.15) is 0 Å². The molecule has 2 N–H and O–H groups in total. The first-order valence-corrected chi connectivity index (χ1v) is 6.58. The molecule has 0 spiro atoms. The average molecular weight is 306 g/mol. The van der Waals surface area contributed by atoms with Crippen LogP contribution in [-0.4, -0.2) is 15.9 Å². The summed E-state index contributed by atoms with van der Waals surface area (Å²) < 4.78 is 0. The zero-order valence-electron chi connectivity index (χ0n) is 10.2. The highest BCUT2D eigenvalue weighted by atomic mass is 35.5. The van der Waals surface area contributed by atoms with Crippen molar-refractivity contribution in [2.75, 3.05) is 5.32 Å². The van der Waals surface area contributed by atoms with Gasteiger partial charge >= 0.3 is 0 Å². The molecule has 2 aromatic carbocycles. The van der Waals surface area contributed by atoms with Crippen molar-refractivity contribution in [3.8, 4) is 0 Å². The van der Waals surface area contributed by atoms with Gasteiger partial charge in [-0.2, -0.15) is 0 Å². The molecule has 1 aromatic heterocycles. The van der Waals surface area contributed by atoms with Gasteiger partial charge in [-0.3, -0.25) is 4.79 Å². The minimum Gasteiger partial charge on any atom is -0.345 e. The van der Waals surface area contributed by atoms with Crippen LogP contribution >= 0.6 is 23.2 Å². The number of benzene rings is 2. The highest BCUT2D eigenvalue weighted by Crippen LogP contribution is 2.26. The van der Waals surface area contributed by atoms with Gasteiger partial charge in [0.2, 0.25) is 0 Å². The zero-order chi connectivity index (χ0) is 14.1. The quantitative estimate of drug-likeness (QED) is 0.748. The molecule has 3 aromatic rings. The van der Waals surface area contributed by atoms with E-state index >= 15 is 0 Å². The van der Waals surface area contributed by atoms with Crippen LogP contribution < -0.4 is 5.32 Å². The summed E-state index contributed by atoms with van der Waals surface area (Å²) in [6.45, 7) is 0. The summed E-state index contributed by atoms with van der Waals surface area (Å²) in [6, 6.07) is 10.1. The maximum Gasteiger partial charge on any atom is 0.255 e. The van der Waals surface area contributed by atoms with Crippen LogP contribution in [-0.2, 0) is 0 Å². The molecule has 0 fully saturated rings. The number of anilines is 1. The van der Waals surface area contributed by atoms with Crippen molar-refractivity contribution < 1.29 is 4.79 Å². The molecule has 0 aliphatic rings. The maximum atomic E-state index is 12.2. The van der Waals surface area contributed by atoms with Crippen LogP contribution in [0, 0.1) is 0 Å². The summed E-state index contributed by atoms with van der Waals surface area (Å²) in [4.78, 5) is 19.3. The Balaban J connectivity index is 1.90. The molecule has 100 valence electrons. The van der Waals surface area contributed by atoms with E-state index in [4.69, 9.17) is 23.2 Å². The molecule has 0 saturated heterocycles. The van der Waals surface area contributed by atoms with Gasteiger partial charge in [0, 0.05) is 10.6 Å². The number of carbonyl (C=O) groups is 1. The Morgan fingerprint density at radius 1 is 1.15 bits per heavy atom. The summed E-state index contributed by atoms with van der Waals surface area (Å²) in [5.74, 6) is -0.259. The number of rotatable bonds is 2. The summed E-state index contributed by atoms with van der Waals surface area (Å²) in [6.07, 6.45) is 1.58. The Bertz CT molecular complexity index is 798. The number of amides is 1. The van der Waals surface area contributed by atoms with Gasteiger partial charge in [-0.05, 0) is 36.4 Å². The fraction of sp³-hybridized carbons (Fsp3) is 0. The summed E-state index contributed by atoms with van der Waals surface area (Å²) in [5.41, 5.74) is 2.60. The molecule has 0 radical (unpaired) electrons. The van der Waals surface area contributed by atoms with Crippen molar-refractivity contribution in [3.63, 3.8) is 0 Å². The molecule has 0 atom stereocenters. The molecule has 1 amide bonds. The molecule has 0 bridgehead atoms. The number of aromatic amines is 1. The van der Waals surface area contributed by atoms with Crippen LogP contribution in [0.1, 0.15) is 10.4 Å². The molecular formula is C14H9Cl2N3O. The highest BCUT2D eigenvalue weighted by Gasteiger charge is 2.10. The summed E-state index contributed by atoms with van der Waals surface area (Å²) in [7, 11) is 0. The molecule has 20 heavy (non-hydrogen) atoms. The summed E-state index contributed by atoms with van der Waals surface area (Å²) in [5, 5.41) is 3.68. The van der Waals surface area contributed by atoms with E-state index in [9.17, 15) is 4.79 Å². The SMILES string of the molecule is O=C(Nc1cc(Cl)ccc1Cl)c1ccc2nc[nH]c2c1. The molecule has 1 heterocycles. The molecule has 4 nitrogen and oxygen atoms in total. The monoisotopic (exact) mass is 305 g/mol. The average Bonchev–Trinajstić information content (AvgIpc) is 2.90. The first kappa shape index (κ1) is 13.0. The zero-order valence-corrected chi connectivity index (χ0v) is 11.7. The number of fused-ring (bicyclic) bond motifs is 1. The standard InChI is InChI=1S/C14H9Cl2N3O/c15-9-2-3-10(16)12(6-9)19-14(20)8-1-4-11-13(5-8)18-7-17-11/h1-7H,(H,17,18)(H,19,20). The smallest absolute Gasteiger partial charge is 0.255 e. The number of carbonyl (C=O) groups excluding carboxylic acids is 1. The molecule has 0 unspecified atom stereocenters. The lowest BCUT2D eigenvalue weighted by Gasteiger charge is -2.07. The fourth-order valence-corrected chi connectivity index (χ4v) is 2.20. The lowest BCUT2D eigenvalue weighted by atomic mass is 10.2. The molecule has 0 aliphatic heterocycles. The number of imidazole rings is 1. The van der Waals surface area contributed by atoms with Crippen LogP contribution in [0.2, 0.25) is 10.0 Å². The molecule has 6 heteroatoms. The van der Waals surface area contributed by atoms with E-state index in [2.05, 4.69) is 15.3 Å². The number of aromatic nitrogens is 2. The van der Waals surface area contributed by atoms with E-state index < -0.39 is 0 Å². The number of H-pyrrole nitrogens is 1. The van der Waals surface area contributed by atoms with E-state index in [-0.39, 0.29) is 5.91 Å². The third kappa shape index (κ3) is 2.48. The topological polar surface area (TPSA) is 57.8 Å². The van der Waals surface area contributed by atoms with Gasteiger partial charge in [-0.15, -0.1) is 0 Å². The first-order valence-electron chi connectivity index (χ1n) is 5.83. The van der Waals surface area contributed by atoms with Gasteiger partial charge in [0.25, 0.3) is 5.91 Å². The van der Waals surface area contributed by atoms with E-state index in [1.165, 1.54) is 0 Å². The number of hydrogen-bond acceptors (Lipinski definition) is 2. The second-order valence-electron chi connectivity index (χ2n) is 4.21. The Morgan fingerprint density at radius 2 is 2.00 bits per heavy atom. The van der Waals surface area contributed by atoms with Gasteiger partial charge in [0.05, 0.1) is 28.1 Å². The Labute approximate surface area is 124 Å². The number of hydrogen-bond donors (Lipinski definition) is 2. The Kier molecular flexibility index (Phi) is 3.34. The van der Waals surface area contributed by atoms with Crippen LogP contribution in [0.5, 0.6) is 0 Å². The van der Waals surface area contributed by atoms with Gasteiger partial charge in [-0.25, -0.2) is 4.98 Å². The molecule has 0 aliphatic carbocycles. The Morgan fingerprint density at radius 3 is 2.85 bits per heavy atom. The van der Waals surface area contributed by atoms with Crippen molar-refractivity contribution >= 4 is 45.8 Å². The van der Waals surface area contributed by atoms with Crippen LogP contribution in [0.25, 0.3) is 11.0 Å². The Hall–Kier alpha value is -2.04. The third-order valence-electron chi connectivity index (χ3n) is 2.86. The van der Waals surface area contributed by atoms with Crippen molar-refractivity contribution in [1.29, 1.82) is 0 Å². The lowest BCUT2D eigenvalue weighted by Crippen LogP contribution is -2.12. The second-order valence-corrected chi connectivity index (χ2v) is 5.06. The molecule has 3 rings (SSSR count). The highest BCUT2D eigenvalue weighted by molar-refractivity contribution is 6.35. The third-order valence-corrected chi connectivity index (χ3v) is 3.42. The van der Waals surface area contributed by atoms with E-state index in [0.29, 0.717) is 21.3 Å². The van der Waals surface area contributed by atoms with Crippen LogP contribution in [0.4, 0.5) is 5.69 Å². The fourth-order valence-electron chi connectivity index (χ4n) is 1.86. The normalized spacial score (nSPS) is 10.7. The minimum absolute atomic E-state index is 0.259. The van der Waals surface area contributed by atoms with E-state index in [1.54, 1.807) is 42.7 Å². The van der Waals surface area contributed by atoms with E-state index in [1.807, 2.05) is 0 Å². The van der Waals surface area contributed by atoms with Crippen molar-refractivity contribution in [3.05, 3.63) is 58.3 Å². The number of nitrogens with zero attached hydrogens (tertiary/aromatic N) is 1. The summed E-state index contributed by atoms with van der Waals surface area (Å²) >= 11 is 11.9. The van der Waals surface area contributed by atoms with Crippen molar-refractivity contribution in [2.45, 2.75) is 0 Å². The number of nitrogens with one attached hydrogen (secondary N) is 2. The number of halogens is 2. The maximum absolute atomic E-state index is 12.2. The van der Waals surface area contributed by atoms with E-state index in [0.717, 1.165) is 11.0 Å². The van der Waals surface area contributed by atoms with Gasteiger partial charge in [0.15, 0.2) is 0 Å². The van der Waals surface area contributed by atoms with Crippen LogP contribution in [0.3, 0.4) is 0 Å². The van der Waals surface area contributed by atoms with Gasteiger partial charge < -0.3 is 10.3 Å². The van der Waals surface area contributed by atoms with Gasteiger partial charge in [-0.1, -0.05) is 23.2 Å². The van der Waals surface area contributed by atoms with Crippen molar-refractivity contribution in [1.82, 2.24) is 9.97 Å². The molecular weight excluding hydrogens is 297 g/mol. The first-order chi connectivity index (χ1) is 9.63.